The van der Waals surface area contributed by atoms with Crippen molar-refractivity contribution in [3.05, 3.63) is 103 Å². The predicted molar refractivity (Wildman–Crippen MR) is 166 cm³/mol. The minimum absolute atomic E-state index is 0.0407. The number of hydrogen-bond acceptors (Lipinski definition) is 7. The number of nitrogens with one attached hydrogen (secondary N) is 1. The van der Waals surface area contributed by atoms with Crippen molar-refractivity contribution in [3.63, 3.8) is 0 Å². The van der Waals surface area contributed by atoms with Crippen LogP contribution in [0.4, 0.5) is 5.69 Å². The summed E-state index contributed by atoms with van der Waals surface area (Å²) in [5, 5.41) is 1.71. The standard InChI is InChI=1S/C33H27ClN2O5S2/c1-40-20-11-7-19(8-12-20)36-31(37)26-22-14-23(27(26)32(36)38)28-25(22)24(29-30(42-28)35-33(39)43-29)17-5-9-21(10-6-17)41-15-16-3-2-4-18(34)13-16/h2-13,22-28H,14-15H2,1H3,(H,35,39)/t22-,23-,24+,25+,26+,27+,28-/m1/s1. The molecule has 7 nitrogen and oxygen atoms in total. The van der Waals surface area contributed by atoms with Crippen LogP contribution in [0, 0.1) is 29.6 Å². The van der Waals surface area contributed by atoms with Gasteiger partial charge in [-0.25, -0.2) is 0 Å². The fourth-order valence-corrected chi connectivity index (χ4v) is 11.0. The van der Waals surface area contributed by atoms with Crippen molar-refractivity contribution in [1.82, 2.24) is 4.98 Å². The van der Waals surface area contributed by atoms with Crippen molar-refractivity contribution in [2.24, 2.45) is 29.6 Å². The number of H-pyrrole nitrogens is 1. The third-order valence-electron chi connectivity index (χ3n) is 9.59. The maximum atomic E-state index is 14.0. The molecule has 3 aromatic carbocycles. The number of aromatic amines is 1. The van der Waals surface area contributed by atoms with Gasteiger partial charge in [0.05, 0.1) is 29.7 Å². The average Bonchev–Trinajstić information content (AvgIpc) is 3.75. The van der Waals surface area contributed by atoms with Gasteiger partial charge in [-0.2, -0.15) is 0 Å². The molecule has 0 unspecified atom stereocenters. The Bertz CT molecular complexity index is 1800. The highest BCUT2D eigenvalue weighted by molar-refractivity contribution is 8.00. The molecule has 10 heteroatoms. The first-order valence-corrected chi connectivity index (χ1v) is 16.4. The van der Waals surface area contributed by atoms with E-state index in [1.807, 2.05) is 36.4 Å². The Hall–Kier alpha value is -3.53. The number of methoxy groups -OCH3 is 1. The number of amides is 2. The van der Waals surface area contributed by atoms with E-state index < -0.39 is 0 Å². The Morgan fingerprint density at radius 1 is 0.930 bits per heavy atom. The number of hydrogen-bond donors (Lipinski definition) is 1. The number of anilines is 1. The van der Waals surface area contributed by atoms with Crippen molar-refractivity contribution in [3.8, 4) is 11.5 Å². The number of thiazole rings is 1. The van der Waals surface area contributed by atoms with Gasteiger partial charge in [0.1, 0.15) is 18.1 Å². The van der Waals surface area contributed by atoms with Gasteiger partial charge in [0, 0.05) is 21.1 Å². The topological polar surface area (TPSA) is 88.7 Å². The van der Waals surface area contributed by atoms with Crippen LogP contribution < -0.4 is 19.2 Å². The molecular formula is C33H27ClN2O5S2. The van der Waals surface area contributed by atoms with Gasteiger partial charge >= 0.3 is 4.87 Å². The van der Waals surface area contributed by atoms with Crippen LogP contribution in [0.25, 0.3) is 0 Å². The minimum atomic E-state index is -0.346. The van der Waals surface area contributed by atoms with Crippen molar-refractivity contribution in [2.45, 2.75) is 29.2 Å². The molecule has 2 bridgehead atoms. The first kappa shape index (κ1) is 27.0. The SMILES string of the molecule is COc1ccc(N2C(=O)[C@H]3[C@H]4C[C@@H]([C@@H]3C2=O)[C@H]2[C@H](c3ccc(OCc5cccc(Cl)c5)cc3)c3sc(=O)[nH]c3S[C@H]42)cc1. The van der Waals surface area contributed by atoms with Gasteiger partial charge in [0.2, 0.25) is 11.8 Å². The van der Waals surface area contributed by atoms with Gasteiger partial charge < -0.3 is 14.5 Å². The number of rotatable bonds is 6. The number of ether oxygens (including phenoxy) is 2. The molecule has 2 aliphatic heterocycles. The maximum absolute atomic E-state index is 14.0. The monoisotopic (exact) mass is 630 g/mol. The van der Waals surface area contributed by atoms with Crippen molar-refractivity contribution in [2.75, 3.05) is 12.0 Å². The summed E-state index contributed by atoms with van der Waals surface area (Å²) in [6.45, 7) is 0.405. The summed E-state index contributed by atoms with van der Waals surface area (Å²) >= 11 is 9.08. The molecule has 2 saturated carbocycles. The van der Waals surface area contributed by atoms with E-state index in [4.69, 9.17) is 21.1 Å². The second kappa shape index (κ2) is 10.3. The molecular weight excluding hydrogens is 604 g/mol. The van der Waals surface area contributed by atoms with E-state index in [0.717, 1.165) is 33.2 Å². The lowest BCUT2D eigenvalue weighted by Crippen LogP contribution is -2.42. The van der Waals surface area contributed by atoms with Gasteiger partial charge in [-0.3, -0.25) is 19.3 Å². The summed E-state index contributed by atoms with van der Waals surface area (Å²) in [4.78, 5) is 45.8. The Morgan fingerprint density at radius 2 is 1.65 bits per heavy atom. The first-order chi connectivity index (χ1) is 20.9. The van der Waals surface area contributed by atoms with E-state index >= 15 is 0 Å². The second-order valence-corrected chi connectivity index (χ2v) is 14.3. The molecule has 43 heavy (non-hydrogen) atoms. The summed E-state index contributed by atoms with van der Waals surface area (Å²) in [6, 6.07) is 22.8. The van der Waals surface area contributed by atoms with Crippen LogP contribution >= 0.6 is 34.7 Å². The minimum Gasteiger partial charge on any atom is -0.497 e. The zero-order valence-corrected chi connectivity index (χ0v) is 25.5. The van der Waals surface area contributed by atoms with Crippen LogP contribution in [0.5, 0.6) is 11.5 Å². The summed E-state index contributed by atoms with van der Waals surface area (Å²) in [5.74, 6) is 0.765. The second-order valence-electron chi connectivity index (χ2n) is 11.7. The van der Waals surface area contributed by atoms with Crippen LogP contribution in [-0.2, 0) is 16.2 Å². The highest BCUT2D eigenvalue weighted by Gasteiger charge is 2.69. The normalized spacial score (nSPS) is 28.5. The number of fused-ring (bicyclic) bond motifs is 9. The van der Waals surface area contributed by atoms with Crippen molar-refractivity contribution >= 4 is 52.2 Å². The van der Waals surface area contributed by atoms with Crippen LogP contribution in [0.1, 0.15) is 28.3 Å². The van der Waals surface area contributed by atoms with Crippen LogP contribution in [0.2, 0.25) is 5.02 Å². The molecule has 1 N–H and O–H groups in total. The zero-order valence-electron chi connectivity index (χ0n) is 23.1. The third-order valence-corrected chi connectivity index (χ3v) is 12.4. The lowest BCUT2D eigenvalue weighted by Gasteiger charge is -2.43. The summed E-state index contributed by atoms with van der Waals surface area (Å²) in [5.41, 5.74) is 2.67. The fourth-order valence-electron chi connectivity index (χ4n) is 7.94. The van der Waals surface area contributed by atoms with Gasteiger partial charge in [-0.05, 0) is 83.8 Å². The molecule has 3 fully saturated rings. The Kier molecular flexibility index (Phi) is 6.47. The molecule has 0 radical (unpaired) electrons. The molecule has 7 atom stereocenters. The number of aromatic nitrogens is 1. The lowest BCUT2D eigenvalue weighted by atomic mass is 9.68. The van der Waals surface area contributed by atoms with Gasteiger partial charge in [0.25, 0.3) is 0 Å². The van der Waals surface area contributed by atoms with E-state index in [2.05, 4.69) is 17.1 Å². The van der Waals surface area contributed by atoms with Gasteiger partial charge in [-0.15, -0.1) is 11.8 Å². The van der Waals surface area contributed by atoms with E-state index in [1.165, 1.54) is 16.2 Å². The molecule has 1 saturated heterocycles. The van der Waals surface area contributed by atoms with E-state index in [-0.39, 0.29) is 57.4 Å². The van der Waals surface area contributed by atoms with Crippen LogP contribution in [0.3, 0.4) is 0 Å². The molecule has 2 aliphatic carbocycles. The summed E-state index contributed by atoms with van der Waals surface area (Å²) in [7, 11) is 1.59. The summed E-state index contributed by atoms with van der Waals surface area (Å²) in [6.07, 6.45) is 0.849. The van der Waals surface area contributed by atoms with Crippen LogP contribution in [0.15, 0.2) is 82.6 Å². The smallest absolute Gasteiger partial charge is 0.305 e. The number of carbonyl (C=O) groups is 2. The number of benzene rings is 3. The Labute approximate surface area is 261 Å². The molecule has 1 aromatic heterocycles. The van der Waals surface area contributed by atoms with E-state index in [0.29, 0.717) is 23.1 Å². The first-order valence-electron chi connectivity index (χ1n) is 14.3. The number of nitrogens with zero attached hydrogens (tertiary/aromatic N) is 1. The Morgan fingerprint density at radius 3 is 2.37 bits per heavy atom. The predicted octanol–water partition coefficient (Wildman–Crippen LogP) is 6.36. The van der Waals surface area contributed by atoms with Gasteiger partial charge in [0.15, 0.2) is 0 Å². The number of thioether (sulfide) groups is 1. The molecule has 8 rings (SSSR count). The molecule has 0 spiro atoms. The van der Waals surface area contributed by atoms with E-state index in [9.17, 15) is 14.4 Å². The van der Waals surface area contributed by atoms with Crippen LogP contribution in [-0.4, -0.2) is 29.2 Å². The average molecular weight is 631 g/mol. The Balaban J connectivity index is 1.11. The molecule has 218 valence electrons. The number of imide groups is 1. The van der Waals surface area contributed by atoms with E-state index in [1.54, 1.807) is 43.1 Å². The fraction of sp³-hybridized carbons (Fsp3) is 0.303. The highest BCUT2D eigenvalue weighted by Crippen LogP contribution is 2.68. The molecule has 2 amide bonds. The van der Waals surface area contributed by atoms with Crippen molar-refractivity contribution in [1.29, 1.82) is 0 Å². The molecule has 3 heterocycles. The zero-order chi connectivity index (χ0) is 29.4. The highest BCUT2D eigenvalue weighted by atomic mass is 35.5. The molecule has 4 aromatic rings. The largest absolute Gasteiger partial charge is 0.497 e. The van der Waals surface area contributed by atoms with Crippen molar-refractivity contribution < 1.29 is 19.1 Å². The number of carbonyl (C=O) groups excluding carboxylic acids is 2. The third kappa shape index (κ3) is 4.27. The number of halogens is 1. The quantitative estimate of drug-likeness (QED) is 0.250. The maximum Gasteiger partial charge on any atom is 0.305 e. The summed E-state index contributed by atoms with van der Waals surface area (Å²) < 4.78 is 11.3. The molecule has 4 aliphatic rings. The van der Waals surface area contributed by atoms with Gasteiger partial charge in [-0.1, -0.05) is 47.2 Å². The lowest BCUT2D eigenvalue weighted by molar-refractivity contribution is -0.123.